The van der Waals surface area contributed by atoms with Crippen molar-refractivity contribution in [2.45, 2.75) is 44.7 Å². The Morgan fingerprint density at radius 3 is 2.29 bits per heavy atom. The minimum atomic E-state index is -4.36. The topological polar surface area (TPSA) is 64.4 Å². The molecule has 0 saturated heterocycles. The van der Waals surface area contributed by atoms with Gasteiger partial charge in [0, 0.05) is 6.54 Å². The first-order valence-electron chi connectivity index (χ1n) is 7.01. The molecule has 0 bridgehead atoms. The molecule has 0 atom stereocenters. The first-order valence-corrected chi connectivity index (χ1v) is 7.41. The van der Waals surface area contributed by atoms with Crippen molar-refractivity contribution in [3.05, 3.63) is 0 Å². The third kappa shape index (κ3) is 5.78. The van der Waals surface area contributed by atoms with Crippen LogP contribution in [-0.4, -0.2) is 36.8 Å². The molecule has 1 fully saturated rings. The molecule has 0 aromatic heterocycles. The molecule has 122 valence electrons. The second kappa shape index (κ2) is 7.93. The lowest BCUT2D eigenvalue weighted by atomic mass is 9.79. The van der Waals surface area contributed by atoms with E-state index in [1.165, 1.54) is 0 Å². The Bertz CT molecular complexity index is 367. The van der Waals surface area contributed by atoms with Gasteiger partial charge in [-0.05, 0) is 12.8 Å². The van der Waals surface area contributed by atoms with Gasteiger partial charge in [0.1, 0.15) is 6.61 Å². The van der Waals surface area contributed by atoms with E-state index in [1.54, 1.807) is 0 Å². The monoisotopic (exact) mass is 326 g/mol. The fourth-order valence-corrected chi connectivity index (χ4v) is 2.81. The zero-order chi connectivity index (χ0) is 15.9. The van der Waals surface area contributed by atoms with Gasteiger partial charge in [-0.15, -0.1) is 0 Å². The number of ether oxygens (including phenoxy) is 1. The van der Waals surface area contributed by atoms with E-state index >= 15 is 0 Å². The second-order valence-electron chi connectivity index (χ2n) is 5.28. The third-order valence-corrected chi connectivity index (χ3v) is 4.05. The molecule has 0 aromatic carbocycles. The predicted molar refractivity (Wildman–Crippen MR) is 76.8 cm³/mol. The van der Waals surface area contributed by atoms with E-state index in [1.807, 2.05) is 0 Å². The van der Waals surface area contributed by atoms with Gasteiger partial charge in [-0.3, -0.25) is 4.79 Å². The summed E-state index contributed by atoms with van der Waals surface area (Å²) in [5, 5.41) is 2.59. The average Bonchev–Trinajstić information content (AvgIpc) is 2.63. The van der Waals surface area contributed by atoms with Crippen molar-refractivity contribution in [3.8, 4) is 0 Å². The Hall–Kier alpha value is -0.890. The largest absolute Gasteiger partial charge is 0.411 e. The maximum atomic E-state index is 12.3. The predicted octanol–water partition coefficient (Wildman–Crippen LogP) is 2.31. The molecule has 4 nitrogen and oxygen atoms in total. The number of halogens is 3. The van der Waals surface area contributed by atoms with Crippen LogP contribution in [0.2, 0.25) is 0 Å². The summed E-state index contributed by atoms with van der Waals surface area (Å²) in [5.74, 6) is -0.299. The quantitative estimate of drug-likeness (QED) is 0.447. The molecule has 0 aromatic rings. The highest BCUT2D eigenvalue weighted by Gasteiger charge is 2.41. The summed E-state index contributed by atoms with van der Waals surface area (Å²) in [6.07, 6.45) is 0.643. The van der Waals surface area contributed by atoms with Crippen molar-refractivity contribution < 1.29 is 22.7 Å². The second-order valence-corrected chi connectivity index (χ2v) is 5.72. The van der Waals surface area contributed by atoms with Crippen LogP contribution in [0.15, 0.2) is 0 Å². The zero-order valence-electron chi connectivity index (χ0n) is 11.8. The normalized spacial score (nSPS) is 18.8. The molecule has 21 heavy (non-hydrogen) atoms. The van der Waals surface area contributed by atoms with E-state index < -0.39 is 18.2 Å². The molecule has 8 heteroatoms. The molecule has 1 amide bonds. The zero-order valence-corrected chi connectivity index (χ0v) is 12.6. The fraction of sp³-hybridized carbons (Fsp3) is 0.846. The average molecular weight is 326 g/mol. The van der Waals surface area contributed by atoms with Crippen LogP contribution in [0.4, 0.5) is 13.2 Å². The summed E-state index contributed by atoms with van der Waals surface area (Å²) >= 11 is 5.05. The summed E-state index contributed by atoms with van der Waals surface area (Å²) in [6, 6.07) is 0. The van der Waals surface area contributed by atoms with Crippen LogP contribution in [0.25, 0.3) is 0 Å². The SMILES string of the molecule is NC(=S)C1(C(=O)NCCOCC(F)(F)F)CCCCCC1. The molecule has 1 rings (SSSR count). The van der Waals surface area contributed by atoms with E-state index in [4.69, 9.17) is 18.0 Å². The van der Waals surface area contributed by atoms with Gasteiger partial charge in [0.2, 0.25) is 5.91 Å². The number of thiocarbonyl (C=S) groups is 1. The highest BCUT2D eigenvalue weighted by molar-refractivity contribution is 7.80. The number of nitrogens with one attached hydrogen (secondary N) is 1. The van der Waals surface area contributed by atoms with Gasteiger partial charge in [-0.2, -0.15) is 13.2 Å². The number of hydrogen-bond donors (Lipinski definition) is 2. The highest BCUT2D eigenvalue weighted by Crippen LogP contribution is 2.35. The number of nitrogens with two attached hydrogens (primary N) is 1. The minimum Gasteiger partial charge on any atom is -0.392 e. The number of amides is 1. The number of alkyl halides is 3. The van der Waals surface area contributed by atoms with Crippen molar-refractivity contribution in [1.29, 1.82) is 0 Å². The van der Waals surface area contributed by atoms with Crippen molar-refractivity contribution in [2.75, 3.05) is 19.8 Å². The molecule has 3 N–H and O–H groups in total. The van der Waals surface area contributed by atoms with Crippen LogP contribution in [0, 0.1) is 5.41 Å². The third-order valence-electron chi connectivity index (χ3n) is 3.66. The van der Waals surface area contributed by atoms with E-state index in [0.717, 1.165) is 25.7 Å². The standard InChI is InChI=1S/C13H21F3N2O2S/c14-13(15,16)9-20-8-7-18-11(19)12(10(17)21)5-3-1-2-4-6-12/h1-9H2,(H2,17,21)(H,18,19). The Morgan fingerprint density at radius 2 is 1.81 bits per heavy atom. The molecule has 1 saturated carbocycles. The Morgan fingerprint density at radius 1 is 1.24 bits per heavy atom. The van der Waals surface area contributed by atoms with Crippen LogP contribution in [0.5, 0.6) is 0 Å². The fourth-order valence-electron chi connectivity index (χ4n) is 2.51. The first kappa shape index (κ1) is 18.2. The summed E-state index contributed by atoms with van der Waals surface area (Å²) < 4.78 is 40.1. The molecular formula is C13H21F3N2O2S. The van der Waals surface area contributed by atoms with Gasteiger partial charge in [0.25, 0.3) is 0 Å². The van der Waals surface area contributed by atoms with Gasteiger partial charge in [-0.1, -0.05) is 37.9 Å². The van der Waals surface area contributed by atoms with Crippen LogP contribution in [0.1, 0.15) is 38.5 Å². The molecule has 0 radical (unpaired) electrons. The molecule has 0 aliphatic heterocycles. The number of carbonyl (C=O) groups is 1. The van der Waals surface area contributed by atoms with Crippen LogP contribution >= 0.6 is 12.2 Å². The number of rotatable bonds is 6. The van der Waals surface area contributed by atoms with E-state index in [2.05, 4.69) is 10.1 Å². The molecule has 1 aliphatic rings. The minimum absolute atomic E-state index is 0.0132. The van der Waals surface area contributed by atoms with E-state index in [0.29, 0.717) is 12.8 Å². The molecule has 0 spiro atoms. The maximum Gasteiger partial charge on any atom is 0.411 e. The molecular weight excluding hydrogens is 305 g/mol. The van der Waals surface area contributed by atoms with Gasteiger partial charge in [0.15, 0.2) is 0 Å². The molecule has 1 aliphatic carbocycles. The smallest absolute Gasteiger partial charge is 0.392 e. The number of hydrogen-bond acceptors (Lipinski definition) is 3. The van der Waals surface area contributed by atoms with Gasteiger partial charge in [-0.25, -0.2) is 0 Å². The summed E-state index contributed by atoms with van der Waals surface area (Å²) in [7, 11) is 0. The van der Waals surface area contributed by atoms with E-state index in [9.17, 15) is 18.0 Å². The van der Waals surface area contributed by atoms with Crippen LogP contribution < -0.4 is 11.1 Å². The van der Waals surface area contributed by atoms with Gasteiger partial charge in [0.05, 0.1) is 17.0 Å². The molecule has 0 heterocycles. The van der Waals surface area contributed by atoms with Crippen molar-refractivity contribution in [1.82, 2.24) is 5.32 Å². The van der Waals surface area contributed by atoms with E-state index in [-0.39, 0.29) is 24.0 Å². The highest BCUT2D eigenvalue weighted by atomic mass is 32.1. The lowest BCUT2D eigenvalue weighted by molar-refractivity contribution is -0.173. The number of carbonyl (C=O) groups excluding carboxylic acids is 1. The lowest BCUT2D eigenvalue weighted by Gasteiger charge is -2.30. The van der Waals surface area contributed by atoms with Gasteiger partial charge >= 0.3 is 6.18 Å². The van der Waals surface area contributed by atoms with Gasteiger partial charge < -0.3 is 15.8 Å². The summed E-state index contributed by atoms with van der Waals surface area (Å²) in [6.45, 7) is -1.50. The summed E-state index contributed by atoms with van der Waals surface area (Å²) in [5.41, 5.74) is 4.89. The molecule has 0 unspecified atom stereocenters. The Kier molecular flexibility index (Phi) is 6.86. The maximum absolute atomic E-state index is 12.3. The Balaban J connectivity index is 2.45. The lowest BCUT2D eigenvalue weighted by Crippen LogP contribution is -2.49. The van der Waals surface area contributed by atoms with Crippen molar-refractivity contribution in [3.63, 3.8) is 0 Å². The Labute approximate surface area is 127 Å². The van der Waals surface area contributed by atoms with Crippen LogP contribution in [0.3, 0.4) is 0 Å². The van der Waals surface area contributed by atoms with Crippen molar-refractivity contribution >= 4 is 23.1 Å². The summed E-state index contributed by atoms with van der Waals surface area (Å²) in [4.78, 5) is 12.5. The van der Waals surface area contributed by atoms with Crippen LogP contribution in [-0.2, 0) is 9.53 Å². The van der Waals surface area contributed by atoms with Crippen molar-refractivity contribution in [2.24, 2.45) is 11.1 Å². The first-order chi connectivity index (χ1) is 9.78.